The van der Waals surface area contributed by atoms with Gasteiger partial charge in [0.05, 0.1) is 0 Å². The van der Waals surface area contributed by atoms with E-state index in [-0.39, 0.29) is 23.6 Å². The number of hydrogen-bond acceptors (Lipinski definition) is 4. The number of amides is 2. The Bertz CT molecular complexity index is 621. The van der Waals surface area contributed by atoms with Crippen LogP contribution in [0.15, 0.2) is 36.0 Å². The van der Waals surface area contributed by atoms with Crippen molar-refractivity contribution in [1.82, 2.24) is 10.6 Å². The van der Waals surface area contributed by atoms with Crippen LogP contribution in [0.3, 0.4) is 0 Å². The SMILES string of the molecule is CC(=O)N/C(=C\c1ccccc1)C(=O)O[C@H](C)C(=O)NC1CC1. The molecule has 0 bridgehead atoms. The fourth-order valence-electron chi connectivity index (χ4n) is 1.88. The molecule has 2 rings (SSSR count). The molecule has 1 aromatic rings. The molecular weight excluding hydrogens is 296 g/mol. The van der Waals surface area contributed by atoms with Gasteiger partial charge in [0.2, 0.25) is 5.91 Å². The van der Waals surface area contributed by atoms with E-state index in [1.54, 1.807) is 12.1 Å². The van der Waals surface area contributed by atoms with Gasteiger partial charge in [0.25, 0.3) is 5.91 Å². The molecule has 1 aromatic carbocycles. The monoisotopic (exact) mass is 316 g/mol. The molecule has 2 amide bonds. The number of carbonyl (C=O) groups excluding carboxylic acids is 3. The molecule has 6 heteroatoms. The molecule has 2 N–H and O–H groups in total. The van der Waals surface area contributed by atoms with Gasteiger partial charge in [-0.25, -0.2) is 4.79 Å². The first-order valence-electron chi connectivity index (χ1n) is 7.51. The maximum Gasteiger partial charge on any atom is 0.355 e. The first-order valence-corrected chi connectivity index (χ1v) is 7.51. The van der Waals surface area contributed by atoms with E-state index in [4.69, 9.17) is 4.74 Å². The molecule has 0 saturated heterocycles. The fourth-order valence-corrected chi connectivity index (χ4v) is 1.88. The average Bonchev–Trinajstić information content (AvgIpc) is 3.31. The van der Waals surface area contributed by atoms with Crippen LogP contribution in [0.2, 0.25) is 0 Å². The van der Waals surface area contributed by atoms with Crippen molar-refractivity contribution in [3.05, 3.63) is 41.6 Å². The quantitative estimate of drug-likeness (QED) is 0.613. The highest BCUT2D eigenvalue weighted by atomic mass is 16.5. The minimum Gasteiger partial charge on any atom is -0.448 e. The third kappa shape index (κ3) is 5.58. The van der Waals surface area contributed by atoms with Crippen molar-refractivity contribution in [2.75, 3.05) is 0 Å². The molecule has 1 aliphatic carbocycles. The lowest BCUT2D eigenvalue weighted by atomic mass is 10.2. The summed E-state index contributed by atoms with van der Waals surface area (Å²) in [5.41, 5.74) is 0.734. The molecule has 0 spiro atoms. The highest BCUT2D eigenvalue weighted by Gasteiger charge is 2.27. The molecule has 1 fully saturated rings. The van der Waals surface area contributed by atoms with E-state index in [9.17, 15) is 14.4 Å². The number of hydrogen-bond donors (Lipinski definition) is 2. The second-order valence-electron chi connectivity index (χ2n) is 5.48. The summed E-state index contributed by atoms with van der Waals surface area (Å²) >= 11 is 0. The molecule has 0 aliphatic heterocycles. The number of benzene rings is 1. The van der Waals surface area contributed by atoms with Crippen LogP contribution in [0.5, 0.6) is 0 Å². The molecule has 1 aliphatic rings. The van der Waals surface area contributed by atoms with Gasteiger partial charge in [0.15, 0.2) is 6.10 Å². The number of rotatable bonds is 6. The van der Waals surface area contributed by atoms with Gasteiger partial charge in [-0.1, -0.05) is 30.3 Å². The Morgan fingerprint density at radius 3 is 2.43 bits per heavy atom. The fraction of sp³-hybridized carbons (Fsp3) is 0.353. The summed E-state index contributed by atoms with van der Waals surface area (Å²) in [4.78, 5) is 35.3. The first-order chi connectivity index (χ1) is 11.0. The van der Waals surface area contributed by atoms with Gasteiger partial charge in [-0.15, -0.1) is 0 Å². The van der Waals surface area contributed by atoms with Crippen LogP contribution in [0.4, 0.5) is 0 Å². The predicted octanol–water partition coefficient (Wildman–Crippen LogP) is 1.37. The minimum absolute atomic E-state index is 0.00484. The smallest absolute Gasteiger partial charge is 0.355 e. The van der Waals surface area contributed by atoms with Gasteiger partial charge < -0.3 is 15.4 Å². The molecule has 0 radical (unpaired) electrons. The van der Waals surface area contributed by atoms with Gasteiger partial charge >= 0.3 is 5.97 Å². The van der Waals surface area contributed by atoms with Crippen molar-refractivity contribution < 1.29 is 19.1 Å². The molecule has 23 heavy (non-hydrogen) atoms. The zero-order valence-corrected chi connectivity index (χ0v) is 13.2. The third-order valence-electron chi connectivity index (χ3n) is 3.22. The number of nitrogens with one attached hydrogen (secondary N) is 2. The van der Waals surface area contributed by atoms with E-state index in [1.807, 2.05) is 18.2 Å². The molecular formula is C17H20N2O4. The topological polar surface area (TPSA) is 84.5 Å². The molecule has 1 atom stereocenters. The van der Waals surface area contributed by atoms with E-state index in [0.29, 0.717) is 0 Å². The highest BCUT2D eigenvalue weighted by molar-refractivity contribution is 5.98. The van der Waals surface area contributed by atoms with Crippen LogP contribution in [0, 0.1) is 0 Å². The lowest BCUT2D eigenvalue weighted by molar-refractivity contribution is -0.151. The maximum absolute atomic E-state index is 12.2. The van der Waals surface area contributed by atoms with Crippen molar-refractivity contribution in [3.8, 4) is 0 Å². The molecule has 1 saturated carbocycles. The van der Waals surface area contributed by atoms with Crippen molar-refractivity contribution in [1.29, 1.82) is 0 Å². The molecule has 0 unspecified atom stereocenters. The summed E-state index contributed by atoms with van der Waals surface area (Å²) in [6.45, 7) is 2.80. The van der Waals surface area contributed by atoms with Crippen LogP contribution in [-0.4, -0.2) is 29.9 Å². The second-order valence-corrected chi connectivity index (χ2v) is 5.48. The summed E-state index contributed by atoms with van der Waals surface area (Å²) in [5, 5.41) is 5.21. The molecule has 0 aromatic heterocycles. The summed E-state index contributed by atoms with van der Waals surface area (Å²) in [6.07, 6.45) is 2.50. The van der Waals surface area contributed by atoms with Gasteiger partial charge in [0.1, 0.15) is 5.70 Å². The number of esters is 1. The Balaban J connectivity index is 2.05. The van der Waals surface area contributed by atoms with Crippen molar-refractivity contribution >= 4 is 23.9 Å². The van der Waals surface area contributed by atoms with Crippen molar-refractivity contribution in [2.24, 2.45) is 0 Å². The largest absolute Gasteiger partial charge is 0.448 e. The van der Waals surface area contributed by atoms with Gasteiger partial charge in [-0.05, 0) is 31.4 Å². The van der Waals surface area contributed by atoms with Crippen LogP contribution in [0.1, 0.15) is 32.3 Å². The Morgan fingerprint density at radius 1 is 1.22 bits per heavy atom. The van der Waals surface area contributed by atoms with Crippen LogP contribution >= 0.6 is 0 Å². The van der Waals surface area contributed by atoms with Crippen molar-refractivity contribution in [3.63, 3.8) is 0 Å². The van der Waals surface area contributed by atoms with Gasteiger partial charge in [-0.3, -0.25) is 9.59 Å². The summed E-state index contributed by atoms with van der Waals surface area (Å²) < 4.78 is 5.14. The maximum atomic E-state index is 12.2. The molecule has 122 valence electrons. The Hall–Kier alpha value is -2.63. The predicted molar refractivity (Wildman–Crippen MR) is 85.0 cm³/mol. The van der Waals surface area contributed by atoms with Crippen molar-refractivity contribution in [2.45, 2.75) is 38.8 Å². The van der Waals surface area contributed by atoms with E-state index >= 15 is 0 Å². The Morgan fingerprint density at radius 2 is 1.87 bits per heavy atom. The average molecular weight is 316 g/mol. The lowest BCUT2D eigenvalue weighted by Gasteiger charge is -2.15. The summed E-state index contributed by atoms with van der Waals surface area (Å²) in [7, 11) is 0. The molecule has 0 heterocycles. The van der Waals surface area contributed by atoms with E-state index in [0.717, 1.165) is 18.4 Å². The Labute approximate surface area is 134 Å². The second kappa shape index (κ2) is 7.58. The highest BCUT2D eigenvalue weighted by Crippen LogP contribution is 2.19. The van der Waals surface area contributed by atoms with Crippen LogP contribution < -0.4 is 10.6 Å². The van der Waals surface area contributed by atoms with E-state index in [2.05, 4.69) is 10.6 Å². The van der Waals surface area contributed by atoms with Gasteiger partial charge in [0, 0.05) is 13.0 Å². The van der Waals surface area contributed by atoms with E-state index in [1.165, 1.54) is 19.9 Å². The van der Waals surface area contributed by atoms with Gasteiger partial charge in [-0.2, -0.15) is 0 Å². The normalized spacial score (nSPS) is 15.5. The lowest BCUT2D eigenvalue weighted by Crippen LogP contribution is -2.38. The van der Waals surface area contributed by atoms with Crippen LogP contribution in [0.25, 0.3) is 6.08 Å². The molecule has 6 nitrogen and oxygen atoms in total. The summed E-state index contributed by atoms with van der Waals surface area (Å²) in [6, 6.07) is 9.25. The zero-order chi connectivity index (χ0) is 16.8. The van der Waals surface area contributed by atoms with Crippen LogP contribution in [-0.2, 0) is 19.1 Å². The first kappa shape index (κ1) is 16.7. The summed E-state index contributed by atoms with van der Waals surface area (Å²) in [5.74, 6) is -1.47. The standard InChI is InChI=1S/C17H20N2O4/c1-11(16(21)19-14-8-9-14)23-17(22)15(18-12(2)20)10-13-6-4-3-5-7-13/h3-7,10-11,14H,8-9H2,1-2H3,(H,18,20)(H,19,21)/b15-10-/t11-/m1/s1. The number of ether oxygens (including phenoxy) is 1. The number of carbonyl (C=O) groups is 3. The minimum atomic E-state index is -0.920. The Kier molecular flexibility index (Phi) is 5.51. The zero-order valence-electron chi connectivity index (χ0n) is 13.2. The van der Waals surface area contributed by atoms with E-state index < -0.39 is 12.1 Å². The third-order valence-corrected chi connectivity index (χ3v) is 3.22.